The van der Waals surface area contributed by atoms with Crippen LogP contribution in [-0.2, 0) is 33.5 Å². The first-order chi connectivity index (χ1) is 16.8. The molecule has 1 amide bonds. The Morgan fingerprint density at radius 1 is 1.20 bits per heavy atom. The first-order valence-corrected chi connectivity index (χ1v) is 12.8. The predicted molar refractivity (Wildman–Crippen MR) is 135 cm³/mol. The zero-order chi connectivity index (χ0) is 25.2. The van der Waals surface area contributed by atoms with Crippen LogP contribution in [-0.4, -0.2) is 67.7 Å². The molecule has 2 heterocycles. The van der Waals surface area contributed by atoms with Gasteiger partial charge in [-0.05, 0) is 56.9 Å². The van der Waals surface area contributed by atoms with Crippen LogP contribution in [0.15, 0.2) is 18.2 Å². The number of morpholine rings is 1. The Balaban J connectivity index is 1.58. The second-order valence-electron chi connectivity index (χ2n) is 8.65. The molecular formula is C25H35N3O6S. The Labute approximate surface area is 210 Å². The fraction of sp³-hybridized carbons (Fsp3) is 0.560. The van der Waals surface area contributed by atoms with Crippen molar-refractivity contribution in [2.75, 3.05) is 44.4 Å². The first-order valence-electron chi connectivity index (χ1n) is 12.0. The summed E-state index contributed by atoms with van der Waals surface area (Å²) in [4.78, 5) is 31.1. The predicted octanol–water partition coefficient (Wildman–Crippen LogP) is 3.60. The van der Waals surface area contributed by atoms with Crippen molar-refractivity contribution in [3.63, 3.8) is 0 Å². The molecule has 1 aromatic carbocycles. The molecule has 1 saturated heterocycles. The van der Waals surface area contributed by atoms with Crippen molar-refractivity contribution < 1.29 is 28.9 Å². The molecule has 0 saturated carbocycles. The van der Waals surface area contributed by atoms with Gasteiger partial charge in [0.15, 0.2) is 5.13 Å². The normalized spacial score (nSPS) is 13.7. The number of carboxylic acids is 1. The lowest BCUT2D eigenvalue weighted by Gasteiger charge is -2.26. The highest BCUT2D eigenvalue weighted by atomic mass is 32.1. The molecule has 3 rings (SSSR count). The lowest BCUT2D eigenvalue weighted by Crippen LogP contribution is -2.36. The second kappa shape index (κ2) is 13.3. The van der Waals surface area contributed by atoms with Gasteiger partial charge in [-0.2, -0.15) is 0 Å². The van der Waals surface area contributed by atoms with Gasteiger partial charge < -0.3 is 29.5 Å². The molecule has 192 valence electrons. The van der Waals surface area contributed by atoms with E-state index >= 15 is 0 Å². The molecule has 1 fully saturated rings. The molecule has 0 spiro atoms. The van der Waals surface area contributed by atoms with E-state index in [0.717, 1.165) is 48.3 Å². The number of anilines is 1. The summed E-state index contributed by atoms with van der Waals surface area (Å²) >= 11 is 1.71. The molecule has 2 N–H and O–H groups in total. The van der Waals surface area contributed by atoms with Crippen LogP contribution < -0.4 is 15.0 Å². The topological polar surface area (TPSA) is 110 Å². The minimum atomic E-state index is -0.843. The maximum Gasteiger partial charge on any atom is 0.407 e. The van der Waals surface area contributed by atoms with Crippen molar-refractivity contribution in [1.29, 1.82) is 0 Å². The number of hydrogen-bond acceptors (Lipinski definition) is 8. The minimum absolute atomic E-state index is 0.0462. The van der Waals surface area contributed by atoms with E-state index in [1.54, 1.807) is 25.2 Å². The van der Waals surface area contributed by atoms with Crippen LogP contribution in [0.1, 0.15) is 42.0 Å². The summed E-state index contributed by atoms with van der Waals surface area (Å²) in [6, 6.07) is 5.71. The van der Waals surface area contributed by atoms with E-state index in [2.05, 4.69) is 17.1 Å². The molecule has 35 heavy (non-hydrogen) atoms. The Bertz CT molecular complexity index is 988. The molecule has 1 aliphatic heterocycles. The van der Waals surface area contributed by atoms with Crippen molar-refractivity contribution in [3.8, 4) is 5.75 Å². The Morgan fingerprint density at radius 3 is 2.69 bits per heavy atom. The van der Waals surface area contributed by atoms with Crippen LogP contribution in [0, 0.1) is 6.92 Å². The molecule has 0 unspecified atom stereocenters. The average Bonchev–Trinajstić information content (AvgIpc) is 3.19. The fourth-order valence-corrected chi connectivity index (χ4v) is 4.77. The van der Waals surface area contributed by atoms with E-state index < -0.39 is 12.1 Å². The third kappa shape index (κ3) is 8.70. The van der Waals surface area contributed by atoms with Gasteiger partial charge in [0.1, 0.15) is 5.75 Å². The largest absolute Gasteiger partial charge is 0.493 e. The Morgan fingerprint density at radius 2 is 1.97 bits per heavy atom. The quantitative estimate of drug-likeness (QED) is 0.450. The van der Waals surface area contributed by atoms with E-state index in [4.69, 9.17) is 24.3 Å². The zero-order valence-corrected chi connectivity index (χ0v) is 21.5. The lowest BCUT2D eigenvalue weighted by molar-refractivity contribution is -0.136. The van der Waals surface area contributed by atoms with Crippen molar-refractivity contribution >= 4 is 28.5 Å². The molecule has 10 heteroatoms. The standard InChI is InChI=1S/C25H35N3O6S/c1-17(2)34-25(31)26-10-8-20-16-21(6-4-19(20)5-7-23(29)30)33-13-9-22-18(3)35-24(27-22)28-11-14-32-15-12-28/h4,6,16-17H,5,7-15H2,1-3H3,(H,26,31)(H,29,30). The first kappa shape index (κ1) is 26.7. The van der Waals surface area contributed by atoms with E-state index in [9.17, 15) is 9.59 Å². The van der Waals surface area contributed by atoms with E-state index in [1.807, 2.05) is 18.2 Å². The molecule has 0 bridgehead atoms. The van der Waals surface area contributed by atoms with E-state index in [1.165, 1.54) is 4.88 Å². The van der Waals surface area contributed by atoms with Gasteiger partial charge in [0.25, 0.3) is 0 Å². The Kier molecular flexibility index (Phi) is 10.2. The maximum absolute atomic E-state index is 11.8. The smallest absolute Gasteiger partial charge is 0.407 e. The number of nitrogens with one attached hydrogen (secondary N) is 1. The molecule has 1 aliphatic rings. The summed E-state index contributed by atoms with van der Waals surface area (Å²) in [7, 11) is 0. The SMILES string of the molecule is Cc1sc(N2CCOCC2)nc1CCOc1ccc(CCC(=O)O)c(CCNC(=O)OC(C)C)c1. The maximum atomic E-state index is 11.8. The molecule has 0 radical (unpaired) electrons. The number of hydrogen-bond donors (Lipinski definition) is 2. The molecule has 9 nitrogen and oxygen atoms in total. The van der Waals surface area contributed by atoms with Crippen molar-refractivity contribution in [1.82, 2.24) is 10.3 Å². The molecule has 2 aromatic rings. The highest BCUT2D eigenvalue weighted by molar-refractivity contribution is 7.15. The summed E-state index contributed by atoms with van der Waals surface area (Å²) in [6.45, 7) is 9.74. The number of alkyl carbamates (subject to hydrolysis) is 1. The van der Waals surface area contributed by atoms with Gasteiger partial charge in [-0.25, -0.2) is 9.78 Å². The van der Waals surface area contributed by atoms with Crippen LogP contribution in [0.3, 0.4) is 0 Å². The van der Waals surface area contributed by atoms with Crippen LogP contribution in [0.2, 0.25) is 0 Å². The molecule has 0 atom stereocenters. The highest BCUT2D eigenvalue weighted by Gasteiger charge is 2.17. The highest BCUT2D eigenvalue weighted by Crippen LogP contribution is 2.27. The van der Waals surface area contributed by atoms with Crippen LogP contribution in [0.5, 0.6) is 5.75 Å². The van der Waals surface area contributed by atoms with Gasteiger partial charge in [-0.3, -0.25) is 4.79 Å². The van der Waals surface area contributed by atoms with Gasteiger partial charge in [0.05, 0.1) is 31.6 Å². The van der Waals surface area contributed by atoms with Gasteiger partial charge in [0, 0.05) is 37.4 Å². The number of amides is 1. The van der Waals surface area contributed by atoms with Gasteiger partial charge in [-0.1, -0.05) is 6.07 Å². The third-order valence-corrected chi connectivity index (χ3v) is 6.64. The van der Waals surface area contributed by atoms with Crippen LogP contribution in [0.25, 0.3) is 0 Å². The number of ether oxygens (including phenoxy) is 3. The molecular weight excluding hydrogens is 470 g/mol. The van der Waals surface area contributed by atoms with Gasteiger partial charge in [-0.15, -0.1) is 11.3 Å². The van der Waals surface area contributed by atoms with E-state index in [0.29, 0.717) is 38.2 Å². The van der Waals surface area contributed by atoms with Crippen molar-refractivity contribution in [2.45, 2.75) is 52.6 Å². The van der Waals surface area contributed by atoms with Crippen LogP contribution >= 0.6 is 11.3 Å². The monoisotopic (exact) mass is 505 g/mol. The summed E-state index contributed by atoms with van der Waals surface area (Å²) in [6.07, 6.45) is 1.06. The number of aryl methyl sites for hydroxylation is 2. The summed E-state index contributed by atoms with van der Waals surface area (Å²) in [5.41, 5.74) is 2.93. The summed E-state index contributed by atoms with van der Waals surface area (Å²) < 4.78 is 16.6. The lowest BCUT2D eigenvalue weighted by atomic mass is 10.00. The minimum Gasteiger partial charge on any atom is -0.493 e. The van der Waals surface area contributed by atoms with Gasteiger partial charge >= 0.3 is 12.1 Å². The summed E-state index contributed by atoms with van der Waals surface area (Å²) in [5, 5.41) is 12.8. The average molecular weight is 506 g/mol. The van der Waals surface area contributed by atoms with E-state index in [-0.39, 0.29) is 12.5 Å². The number of aliphatic carboxylic acids is 1. The van der Waals surface area contributed by atoms with Crippen molar-refractivity contribution in [2.24, 2.45) is 0 Å². The number of rotatable bonds is 12. The zero-order valence-electron chi connectivity index (χ0n) is 20.7. The number of carbonyl (C=O) groups excluding carboxylic acids is 1. The Hall–Kier alpha value is -2.85. The van der Waals surface area contributed by atoms with Gasteiger partial charge in [0.2, 0.25) is 0 Å². The second-order valence-corrected chi connectivity index (χ2v) is 9.83. The third-order valence-electron chi connectivity index (χ3n) is 5.56. The number of aromatic nitrogens is 1. The molecule has 1 aromatic heterocycles. The molecule has 0 aliphatic carbocycles. The van der Waals surface area contributed by atoms with Crippen molar-refractivity contribution in [3.05, 3.63) is 39.9 Å². The number of carboxylic acid groups (broad SMARTS) is 1. The van der Waals surface area contributed by atoms with Crippen LogP contribution in [0.4, 0.5) is 9.93 Å². The fourth-order valence-electron chi connectivity index (χ4n) is 3.77. The number of thiazole rings is 1. The summed E-state index contributed by atoms with van der Waals surface area (Å²) in [5.74, 6) is -0.130. The number of nitrogens with zero attached hydrogens (tertiary/aromatic N) is 2. The number of carbonyl (C=O) groups is 2. The number of benzene rings is 1.